The normalized spacial score (nSPS) is 12.8. The molecule has 2 aromatic carbocycles. The Morgan fingerprint density at radius 2 is 1.82 bits per heavy atom. The zero-order chi connectivity index (χ0) is 27.7. The Bertz CT molecular complexity index is 1570. The second-order valence-electron chi connectivity index (χ2n) is 8.90. The first kappa shape index (κ1) is 27.2. The number of pyridine rings is 1. The zero-order valence-corrected chi connectivity index (χ0v) is 24.0. The monoisotopic (exact) mass is 584 g/mol. The van der Waals surface area contributed by atoms with Crippen LogP contribution in [0.4, 0.5) is 0 Å². The number of rotatable bonds is 7. The van der Waals surface area contributed by atoms with Gasteiger partial charge in [0.25, 0.3) is 5.91 Å². The lowest BCUT2D eigenvalue weighted by Gasteiger charge is -2.27. The molecule has 1 amide bonds. The van der Waals surface area contributed by atoms with Crippen molar-refractivity contribution in [2.24, 2.45) is 0 Å². The summed E-state index contributed by atoms with van der Waals surface area (Å²) in [6, 6.07) is 12.4. The van der Waals surface area contributed by atoms with Crippen molar-refractivity contribution in [2.75, 3.05) is 27.4 Å². The van der Waals surface area contributed by atoms with Crippen molar-refractivity contribution in [2.45, 2.75) is 25.8 Å². The number of ether oxygens (including phenoxy) is 3. The van der Waals surface area contributed by atoms with E-state index in [0.29, 0.717) is 58.4 Å². The number of nitrogens with zero attached hydrogens (tertiary/aromatic N) is 2. The SMILES string of the molecule is CCOC(=O)c1c(CCl)nc2sc3c(c2c1-c1ccc(OC)c(OC)c1)CCN(C(=O)c1ccc(Cl)cc1)C3. The smallest absolute Gasteiger partial charge is 0.340 e. The predicted molar refractivity (Wildman–Crippen MR) is 154 cm³/mol. The third-order valence-electron chi connectivity index (χ3n) is 6.72. The van der Waals surface area contributed by atoms with E-state index in [1.807, 2.05) is 17.0 Å². The van der Waals surface area contributed by atoms with Crippen LogP contribution in [0.5, 0.6) is 11.5 Å². The highest BCUT2D eigenvalue weighted by molar-refractivity contribution is 7.19. The Hall–Kier alpha value is -3.33. The van der Waals surface area contributed by atoms with Gasteiger partial charge >= 0.3 is 5.97 Å². The molecule has 4 aromatic rings. The van der Waals surface area contributed by atoms with Crippen LogP contribution in [0.3, 0.4) is 0 Å². The number of alkyl halides is 1. The van der Waals surface area contributed by atoms with E-state index in [4.69, 9.17) is 42.4 Å². The van der Waals surface area contributed by atoms with Gasteiger partial charge in [0.15, 0.2) is 11.5 Å². The maximum absolute atomic E-state index is 13.3. The number of amides is 1. The number of hydrogen-bond donors (Lipinski definition) is 0. The van der Waals surface area contributed by atoms with E-state index in [-0.39, 0.29) is 18.4 Å². The summed E-state index contributed by atoms with van der Waals surface area (Å²) >= 11 is 13.9. The maximum Gasteiger partial charge on any atom is 0.340 e. The molecule has 3 heterocycles. The minimum atomic E-state index is -0.484. The number of hydrogen-bond acceptors (Lipinski definition) is 7. The number of aromatic nitrogens is 1. The van der Waals surface area contributed by atoms with Crippen LogP contribution in [0, 0.1) is 0 Å². The molecule has 0 aliphatic carbocycles. The molecule has 0 N–H and O–H groups in total. The number of benzene rings is 2. The van der Waals surface area contributed by atoms with Crippen LogP contribution in [0.1, 0.15) is 43.8 Å². The highest BCUT2D eigenvalue weighted by Crippen LogP contribution is 2.44. The van der Waals surface area contributed by atoms with Crippen molar-refractivity contribution < 1.29 is 23.8 Å². The Morgan fingerprint density at radius 1 is 1.08 bits per heavy atom. The van der Waals surface area contributed by atoms with Gasteiger partial charge in [0.2, 0.25) is 0 Å². The van der Waals surface area contributed by atoms with Gasteiger partial charge < -0.3 is 19.1 Å². The standard InChI is InChI=1S/C29H26Cl2N2O5S/c1-4-38-29(35)26-20(14-30)32-27-25(24(26)17-7-10-21(36-2)22(13-17)37-3)19-11-12-33(15-23(19)39-27)28(34)16-5-8-18(31)9-6-16/h5-10,13H,4,11-12,14-15H2,1-3H3. The second kappa shape index (κ2) is 11.4. The molecule has 10 heteroatoms. The summed E-state index contributed by atoms with van der Waals surface area (Å²) in [6.07, 6.45) is 0.610. The van der Waals surface area contributed by atoms with Crippen molar-refractivity contribution in [3.05, 3.63) is 74.7 Å². The molecule has 0 atom stereocenters. The molecule has 0 bridgehead atoms. The largest absolute Gasteiger partial charge is 0.493 e. The fourth-order valence-corrected chi connectivity index (χ4v) is 6.51. The number of esters is 1. The molecule has 1 aliphatic heterocycles. The van der Waals surface area contributed by atoms with E-state index in [1.54, 1.807) is 51.5 Å². The number of carbonyl (C=O) groups is 2. The lowest BCUT2D eigenvalue weighted by atomic mass is 9.91. The van der Waals surface area contributed by atoms with Gasteiger partial charge in [-0.15, -0.1) is 22.9 Å². The van der Waals surface area contributed by atoms with Gasteiger partial charge in [-0.25, -0.2) is 9.78 Å². The van der Waals surface area contributed by atoms with E-state index in [1.165, 1.54) is 11.3 Å². The fraction of sp³-hybridized carbons (Fsp3) is 0.276. The molecular formula is C29H26Cl2N2O5S. The Balaban J connectivity index is 1.69. The number of halogens is 2. The summed E-state index contributed by atoms with van der Waals surface area (Å²) in [6.45, 7) is 2.94. The van der Waals surface area contributed by atoms with Gasteiger partial charge in [0, 0.05) is 33.0 Å². The van der Waals surface area contributed by atoms with E-state index >= 15 is 0 Å². The predicted octanol–water partition coefficient (Wildman–Crippen LogP) is 6.75. The average Bonchev–Trinajstić information content (AvgIpc) is 3.33. The minimum absolute atomic E-state index is 0.0358. The molecule has 0 fully saturated rings. The van der Waals surface area contributed by atoms with Gasteiger partial charge in [-0.05, 0) is 60.9 Å². The molecule has 5 rings (SSSR count). The highest BCUT2D eigenvalue weighted by Gasteiger charge is 2.31. The van der Waals surface area contributed by atoms with Crippen molar-refractivity contribution in [3.8, 4) is 22.6 Å². The lowest BCUT2D eigenvalue weighted by Crippen LogP contribution is -2.35. The summed E-state index contributed by atoms with van der Waals surface area (Å²) in [5.41, 5.74) is 3.90. The molecule has 0 spiro atoms. The molecule has 0 radical (unpaired) electrons. The van der Waals surface area contributed by atoms with E-state index in [9.17, 15) is 9.59 Å². The van der Waals surface area contributed by atoms with Crippen molar-refractivity contribution in [1.29, 1.82) is 0 Å². The first-order valence-electron chi connectivity index (χ1n) is 12.4. The van der Waals surface area contributed by atoms with Crippen molar-refractivity contribution >= 4 is 56.6 Å². The Kier molecular flexibility index (Phi) is 7.98. The molecule has 2 aromatic heterocycles. The highest BCUT2D eigenvalue weighted by atomic mass is 35.5. The summed E-state index contributed by atoms with van der Waals surface area (Å²) in [4.78, 5) is 35.0. The quantitative estimate of drug-likeness (QED) is 0.177. The number of fused-ring (bicyclic) bond motifs is 3. The summed E-state index contributed by atoms with van der Waals surface area (Å²) in [5.74, 6) is 0.601. The molecule has 1 aliphatic rings. The van der Waals surface area contributed by atoms with Crippen molar-refractivity contribution in [1.82, 2.24) is 9.88 Å². The van der Waals surface area contributed by atoms with Gasteiger partial charge in [0.05, 0.1) is 44.5 Å². The maximum atomic E-state index is 13.3. The lowest BCUT2D eigenvalue weighted by molar-refractivity contribution is 0.0525. The number of methoxy groups -OCH3 is 2. The van der Waals surface area contributed by atoms with Crippen LogP contribution in [0.15, 0.2) is 42.5 Å². The van der Waals surface area contributed by atoms with Gasteiger partial charge in [-0.2, -0.15) is 0 Å². The van der Waals surface area contributed by atoms with Crippen LogP contribution in [0.2, 0.25) is 5.02 Å². The third-order valence-corrected chi connectivity index (χ3v) is 8.34. The first-order valence-corrected chi connectivity index (χ1v) is 14.1. The number of carbonyl (C=O) groups excluding carboxylic acids is 2. The molecule has 39 heavy (non-hydrogen) atoms. The average molecular weight is 586 g/mol. The van der Waals surface area contributed by atoms with E-state index in [0.717, 1.165) is 26.2 Å². The third kappa shape index (κ3) is 5.04. The Morgan fingerprint density at radius 3 is 2.49 bits per heavy atom. The number of thiophene rings is 1. The van der Waals surface area contributed by atoms with Gasteiger partial charge in [0.1, 0.15) is 4.83 Å². The molecule has 0 unspecified atom stereocenters. The fourth-order valence-electron chi connectivity index (χ4n) is 4.92. The van der Waals surface area contributed by atoms with Gasteiger partial charge in [-0.1, -0.05) is 17.7 Å². The molecular weight excluding hydrogens is 559 g/mol. The van der Waals surface area contributed by atoms with Gasteiger partial charge in [-0.3, -0.25) is 4.79 Å². The minimum Gasteiger partial charge on any atom is -0.493 e. The van der Waals surface area contributed by atoms with Crippen LogP contribution in [-0.4, -0.2) is 49.1 Å². The van der Waals surface area contributed by atoms with Crippen molar-refractivity contribution in [3.63, 3.8) is 0 Å². The molecule has 0 saturated heterocycles. The topological polar surface area (TPSA) is 78.0 Å². The summed E-state index contributed by atoms with van der Waals surface area (Å²) in [5, 5.41) is 1.45. The van der Waals surface area contributed by atoms with Crippen LogP contribution in [-0.2, 0) is 23.6 Å². The zero-order valence-electron chi connectivity index (χ0n) is 21.7. The molecule has 202 valence electrons. The van der Waals surface area contributed by atoms with Crippen LogP contribution in [0.25, 0.3) is 21.3 Å². The van der Waals surface area contributed by atoms with Crippen LogP contribution >= 0.6 is 34.5 Å². The summed E-state index contributed by atoms with van der Waals surface area (Å²) in [7, 11) is 3.14. The van der Waals surface area contributed by atoms with E-state index < -0.39 is 5.97 Å². The Labute approximate surface area is 240 Å². The van der Waals surface area contributed by atoms with E-state index in [2.05, 4.69) is 0 Å². The summed E-state index contributed by atoms with van der Waals surface area (Å²) < 4.78 is 16.5. The molecule has 0 saturated carbocycles. The second-order valence-corrected chi connectivity index (χ2v) is 10.7. The first-order chi connectivity index (χ1) is 18.9. The molecule has 7 nitrogen and oxygen atoms in total. The van der Waals surface area contributed by atoms with Crippen LogP contribution < -0.4 is 9.47 Å².